The monoisotopic (exact) mass is 429 g/mol. The third-order valence-electron chi connectivity index (χ3n) is 4.77. The average Bonchev–Trinajstić information content (AvgIpc) is 3.29. The van der Waals surface area contributed by atoms with Crippen molar-refractivity contribution >= 4 is 17.8 Å². The molecule has 1 aromatic heterocycles. The molecule has 0 saturated carbocycles. The number of hydroxylamine groups is 2. The molecular formula is C21H14F3N3O4. The zero-order valence-corrected chi connectivity index (χ0v) is 16.0. The van der Waals surface area contributed by atoms with Crippen LogP contribution < -0.4 is 0 Å². The number of imide groups is 1. The van der Waals surface area contributed by atoms with Crippen LogP contribution in [0.4, 0.5) is 13.2 Å². The summed E-state index contributed by atoms with van der Waals surface area (Å²) in [4.78, 5) is 42.5. The van der Waals surface area contributed by atoms with Gasteiger partial charge in [-0.2, -0.15) is 18.3 Å². The summed E-state index contributed by atoms with van der Waals surface area (Å²) in [7, 11) is 0. The standard InChI is InChI=1S/C21H14F3N3O4/c1-2-17-16(11-25-26(17)13-7-5-6-12(10-13)21(22,23)24)20(30)31-27-18(28)14-8-3-4-9-15(14)19(27)29/h3-11H,2H2,1H3. The molecule has 158 valence electrons. The van der Waals surface area contributed by atoms with Crippen LogP contribution in [-0.2, 0) is 17.4 Å². The predicted octanol–water partition coefficient (Wildman–Crippen LogP) is 3.82. The van der Waals surface area contributed by atoms with E-state index >= 15 is 0 Å². The molecule has 0 fully saturated rings. The number of rotatable bonds is 4. The fraction of sp³-hybridized carbons (Fsp3) is 0.143. The summed E-state index contributed by atoms with van der Waals surface area (Å²) in [5, 5.41) is 4.38. The Morgan fingerprint density at radius 3 is 2.26 bits per heavy atom. The van der Waals surface area contributed by atoms with Gasteiger partial charge in [-0.05, 0) is 36.8 Å². The lowest BCUT2D eigenvalue weighted by molar-refractivity contribution is -0.137. The summed E-state index contributed by atoms with van der Waals surface area (Å²) in [5.74, 6) is -2.58. The molecule has 0 N–H and O–H groups in total. The van der Waals surface area contributed by atoms with E-state index in [1.807, 2.05) is 0 Å². The van der Waals surface area contributed by atoms with Crippen LogP contribution >= 0.6 is 0 Å². The fourth-order valence-corrected chi connectivity index (χ4v) is 3.30. The van der Waals surface area contributed by atoms with Gasteiger partial charge in [0, 0.05) is 0 Å². The van der Waals surface area contributed by atoms with Gasteiger partial charge in [0.05, 0.1) is 34.3 Å². The number of benzene rings is 2. The van der Waals surface area contributed by atoms with E-state index in [4.69, 9.17) is 4.84 Å². The highest BCUT2D eigenvalue weighted by Gasteiger charge is 2.39. The van der Waals surface area contributed by atoms with Crippen LogP contribution in [0.15, 0.2) is 54.7 Å². The maximum absolute atomic E-state index is 13.0. The summed E-state index contributed by atoms with van der Waals surface area (Å²) < 4.78 is 40.3. The number of fused-ring (bicyclic) bond motifs is 1. The highest BCUT2D eigenvalue weighted by Crippen LogP contribution is 2.31. The van der Waals surface area contributed by atoms with Gasteiger partial charge in [-0.1, -0.05) is 30.2 Å². The SMILES string of the molecule is CCc1c(C(=O)ON2C(=O)c3ccccc3C2=O)cnn1-c1cccc(C(F)(F)F)c1. The number of hydrogen-bond donors (Lipinski definition) is 0. The Morgan fingerprint density at radius 2 is 1.68 bits per heavy atom. The van der Waals surface area contributed by atoms with Gasteiger partial charge in [-0.25, -0.2) is 9.48 Å². The second-order valence-corrected chi connectivity index (χ2v) is 6.65. The van der Waals surface area contributed by atoms with Crippen molar-refractivity contribution in [3.05, 3.63) is 82.7 Å². The van der Waals surface area contributed by atoms with Crippen molar-refractivity contribution in [1.82, 2.24) is 14.8 Å². The van der Waals surface area contributed by atoms with Crippen LogP contribution in [0.2, 0.25) is 0 Å². The van der Waals surface area contributed by atoms with Gasteiger partial charge in [-0.15, -0.1) is 0 Å². The third kappa shape index (κ3) is 3.45. The van der Waals surface area contributed by atoms with E-state index in [-0.39, 0.29) is 34.5 Å². The molecule has 31 heavy (non-hydrogen) atoms. The lowest BCUT2D eigenvalue weighted by Crippen LogP contribution is -2.32. The predicted molar refractivity (Wildman–Crippen MR) is 100 cm³/mol. The van der Waals surface area contributed by atoms with Crippen molar-refractivity contribution in [2.75, 3.05) is 0 Å². The van der Waals surface area contributed by atoms with Gasteiger partial charge >= 0.3 is 12.1 Å². The summed E-state index contributed by atoms with van der Waals surface area (Å²) >= 11 is 0. The molecule has 10 heteroatoms. The minimum absolute atomic E-state index is 0.0727. The van der Waals surface area contributed by atoms with E-state index in [1.54, 1.807) is 19.1 Å². The second-order valence-electron chi connectivity index (χ2n) is 6.65. The van der Waals surface area contributed by atoms with Crippen molar-refractivity contribution in [2.24, 2.45) is 0 Å². The molecule has 7 nitrogen and oxygen atoms in total. The van der Waals surface area contributed by atoms with Crippen molar-refractivity contribution in [2.45, 2.75) is 19.5 Å². The van der Waals surface area contributed by atoms with Crippen LogP contribution in [0.3, 0.4) is 0 Å². The minimum atomic E-state index is -4.54. The van der Waals surface area contributed by atoms with Gasteiger partial charge in [0.1, 0.15) is 5.56 Å². The zero-order valence-electron chi connectivity index (χ0n) is 16.0. The highest BCUT2D eigenvalue weighted by atomic mass is 19.4. The number of alkyl halides is 3. The molecular weight excluding hydrogens is 415 g/mol. The molecule has 4 rings (SSSR count). The summed E-state index contributed by atoms with van der Waals surface area (Å²) in [5.41, 5.74) is -0.354. The van der Waals surface area contributed by atoms with Gasteiger partial charge < -0.3 is 4.84 Å². The zero-order chi connectivity index (χ0) is 22.3. The summed E-state index contributed by atoms with van der Waals surface area (Å²) in [6.07, 6.45) is -3.19. The molecule has 2 amide bonds. The Bertz CT molecular complexity index is 1180. The quantitative estimate of drug-likeness (QED) is 0.589. The lowest BCUT2D eigenvalue weighted by atomic mass is 10.1. The van der Waals surface area contributed by atoms with E-state index in [2.05, 4.69) is 5.10 Å². The molecule has 0 aliphatic carbocycles. The Labute approximate surface area is 173 Å². The molecule has 0 radical (unpaired) electrons. The highest BCUT2D eigenvalue weighted by molar-refractivity contribution is 6.21. The second kappa shape index (κ2) is 7.38. The Balaban J connectivity index is 1.64. The number of carbonyl (C=O) groups excluding carboxylic acids is 3. The first-order valence-electron chi connectivity index (χ1n) is 9.17. The molecule has 0 bridgehead atoms. The molecule has 0 atom stereocenters. The van der Waals surface area contributed by atoms with Gasteiger partial charge in [0.2, 0.25) is 0 Å². The van der Waals surface area contributed by atoms with Gasteiger partial charge in [0.25, 0.3) is 11.8 Å². The maximum Gasteiger partial charge on any atom is 0.416 e. The molecule has 1 aliphatic rings. The van der Waals surface area contributed by atoms with E-state index in [9.17, 15) is 27.6 Å². The van der Waals surface area contributed by atoms with Crippen molar-refractivity contribution < 1.29 is 32.4 Å². The number of hydrogen-bond acceptors (Lipinski definition) is 5. The fourth-order valence-electron chi connectivity index (χ4n) is 3.30. The first kappa shape index (κ1) is 20.3. The maximum atomic E-state index is 13.0. The van der Waals surface area contributed by atoms with E-state index in [0.717, 1.165) is 18.3 Å². The van der Waals surface area contributed by atoms with Crippen LogP contribution in [0.1, 0.15) is 49.3 Å². The van der Waals surface area contributed by atoms with Gasteiger partial charge in [0.15, 0.2) is 0 Å². The number of carbonyl (C=O) groups is 3. The Hall–Kier alpha value is -3.95. The number of nitrogens with zero attached hydrogens (tertiary/aromatic N) is 3. The first-order valence-corrected chi connectivity index (χ1v) is 9.17. The van der Waals surface area contributed by atoms with Crippen LogP contribution in [0.25, 0.3) is 5.69 Å². The van der Waals surface area contributed by atoms with Crippen LogP contribution in [-0.4, -0.2) is 32.6 Å². The van der Waals surface area contributed by atoms with Crippen LogP contribution in [0, 0.1) is 0 Å². The molecule has 0 spiro atoms. The van der Waals surface area contributed by atoms with Crippen molar-refractivity contribution in [3.8, 4) is 5.69 Å². The van der Waals surface area contributed by atoms with Crippen LogP contribution in [0.5, 0.6) is 0 Å². The molecule has 3 aromatic rings. The number of aromatic nitrogens is 2. The molecule has 1 aliphatic heterocycles. The molecule has 2 heterocycles. The van der Waals surface area contributed by atoms with Crippen molar-refractivity contribution in [3.63, 3.8) is 0 Å². The topological polar surface area (TPSA) is 81.5 Å². The normalized spacial score (nSPS) is 13.5. The molecule has 0 unspecified atom stereocenters. The number of halogens is 3. The molecule has 0 saturated heterocycles. The number of amides is 2. The van der Waals surface area contributed by atoms with E-state index in [1.165, 1.54) is 28.9 Å². The van der Waals surface area contributed by atoms with Crippen molar-refractivity contribution in [1.29, 1.82) is 0 Å². The van der Waals surface area contributed by atoms with E-state index in [0.29, 0.717) is 5.06 Å². The smallest absolute Gasteiger partial charge is 0.324 e. The first-order chi connectivity index (χ1) is 14.7. The third-order valence-corrected chi connectivity index (χ3v) is 4.77. The average molecular weight is 429 g/mol. The summed E-state index contributed by atoms with van der Waals surface area (Å²) in [6, 6.07) is 10.5. The lowest BCUT2D eigenvalue weighted by Gasteiger charge is -2.13. The minimum Gasteiger partial charge on any atom is -0.324 e. The Kier molecular flexibility index (Phi) is 4.84. The largest absolute Gasteiger partial charge is 0.416 e. The summed E-state index contributed by atoms with van der Waals surface area (Å²) in [6.45, 7) is 1.68. The van der Waals surface area contributed by atoms with Gasteiger partial charge in [-0.3, -0.25) is 9.59 Å². The van der Waals surface area contributed by atoms with E-state index < -0.39 is 29.5 Å². The Morgan fingerprint density at radius 1 is 1.03 bits per heavy atom. The molecule has 2 aromatic carbocycles.